The Kier molecular flexibility index (Phi) is 3.15. The van der Waals surface area contributed by atoms with Gasteiger partial charge in [0.2, 0.25) is 0 Å². The molecule has 2 nitrogen and oxygen atoms in total. The minimum Gasteiger partial charge on any atom is -0.242 e. The van der Waals surface area contributed by atoms with Crippen LogP contribution in [0.1, 0.15) is 11.5 Å². The lowest BCUT2D eigenvalue weighted by Crippen LogP contribution is -1.91. The molecule has 0 radical (unpaired) electrons. The summed E-state index contributed by atoms with van der Waals surface area (Å²) < 4.78 is 0. The van der Waals surface area contributed by atoms with Crippen molar-refractivity contribution in [1.82, 2.24) is 9.97 Å². The van der Waals surface area contributed by atoms with E-state index in [0.717, 1.165) is 17.1 Å². The van der Waals surface area contributed by atoms with Gasteiger partial charge in [-0.2, -0.15) is 0 Å². The summed E-state index contributed by atoms with van der Waals surface area (Å²) in [6.45, 7) is 9.20. The van der Waals surface area contributed by atoms with Crippen molar-refractivity contribution >= 4 is 5.57 Å². The fourth-order valence-electron chi connectivity index (χ4n) is 1.00. The topological polar surface area (TPSA) is 25.8 Å². The highest BCUT2D eigenvalue weighted by molar-refractivity contribution is 5.72. The SMILES string of the molecule is C=C/C=C(\C=C)c1ccnc(C)n1. The molecule has 0 N–H and O–H groups in total. The Hall–Kier alpha value is -1.70. The second-order valence-corrected chi connectivity index (χ2v) is 2.55. The molecule has 1 aromatic rings. The van der Waals surface area contributed by atoms with E-state index in [1.807, 2.05) is 19.1 Å². The zero-order chi connectivity index (χ0) is 9.68. The molecule has 1 heterocycles. The number of hydrogen-bond acceptors (Lipinski definition) is 2. The van der Waals surface area contributed by atoms with Crippen LogP contribution in [0.3, 0.4) is 0 Å². The van der Waals surface area contributed by atoms with E-state index in [9.17, 15) is 0 Å². The molecular formula is C11H12N2. The van der Waals surface area contributed by atoms with Gasteiger partial charge in [0.25, 0.3) is 0 Å². The van der Waals surface area contributed by atoms with Crippen LogP contribution in [0.2, 0.25) is 0 Å². The molecule has 0 fully saturated rings. The van der Waals surface area contributed by atoms with Gasteiger partial charge in [0, 0.05) is 6.20 Å². The summed E-state index contributed by atoms with van der Waals surface area (Å²) in [6.07, 6.45) is 7.07. The van der Waals surface area contributed by atoms with E-state index in [0.29, 0.717) is 0 Å². The Balaban J connectivity index is 3.12. The van der Waals surface area contributed by atoms with Crippen LogP contribution in [0.4, 0.5) is 0 Å². The molecule has 0 atom stereocenters. The minimum atomic E-state index is 0.759. The standard InChI is InChI=1S/C11H12N2/c1-4-6-10(5-2)11-7-8-12-9(3)13-11/h4-8H,1-2H2,3H3/b10-6+. The molecule has 0 saturated heterocycles. The van der Waals surface area contributed by atoms with Crippen molar-refractivity contribution in [1.29, 1.82) is 0 Å². The summed E-state index contributed by atoms with van der Waals surface area (Å²) in [5, 5.41) is 0. The molecule has 0 amide bonds. The third kappa shape index (κ3) is 2.37. The molecule has 1 rings (SSSR count). The second kappa shape index (κ2) is 4.36. The lowest BCUT2D eigenvalue weighted by atomic mass is 10.1. The fraction of sp³-hybridized carbons (Fsp3) is 0.0909. The molecule has 66 valence electrons. The maximum atomic E-state index is 4.26. The van der Waals surface area contributed by atoms with Crippen LogP contribution in [-0.4, -0.2) is 9.97 Å². The van der Waals surface area contributed by atoms with Gasteiger partial charge in [-0.15, -0.1) is 0 Å². The number of aromatic nitrogens is 2. The van der Waals surface area contributed by atoms with Gasteiger partial charge in [0.15, 0.2) is 0 Å². The maximum absolute atomic E-state index is 4.26. The van der Waals surface area contributed by atoms with Gasteiger partial charge in [0.1, 0.15) is 5.82 Å². The van der Waals surface area contributed by atoms with Crippen LogP contribution in [0.5, 0.6) is 0 Å². The summed E-state index contributed by atoms with van der Waals surface area (Å²) in [7, 11) is 0. The molecule has 0 aliphatic rings. The van der Waals surface area contributed by atoms with Crippen molar-refractivity contribution < 1.29 is 0 Å². The van der Waals surface area contributed by atoms with Crippen molar-refractivity contribution in [2.24, 2.45) is 0 Å². The summed E-state index contributed by atoms with van der Waals surface area (Å²) in [6, 6.07) is 1.85. The third-order valence-corrected chi connectivity index (χ3v) is 1.59. The molecule has 0 unspecified atom stereocenters. The first-order valence-electron chi connectivity index (χ1n) is 4.03. The second-order valence-electron chi connectivity index (χ2n) is 2.55. The highest BCUT2D eigenvalue weighted by Crippen LogP contribution is 2.11. The molecular weight excluding hydrogens is 160 g/mol. The summed E-state index contributed by atoms with van der Waals surface area (Å²) in [4.78, 5) is 8.28. The maximum Gasteiger partial charge on any atom is 0.125 e. The van der Waals surface area contributed by atoms with E-state index < -0.39 is 0 Å². The molecule has 0 saturated carbocycles. The number of rotatable bonds is 3. The predicted molar refractivity (Wildman–Crippen MR) is 55.1 cm³/mol. The first-order chi connectivity index (χ1) is 6.27. The Morgan fingerprint density at radius 1 is 1.46 bits per heavy atom. The quantitative estimate of drug-likeness (QED) is 0.655. The van der Waals surface area contributed by atoms with E-state index in [-0.39, 0.29) is 0 Å². The van der Waals surface area contributed by atoms with E-state index >= 15 is 0 Å². The van der Waals surface area contributed by atoms with Crippen LogP contribution in [-0.2, 0) is 0 Å². The van der Waals surface area contributed by atoms with Crippen molar-refractivity contribution in [3.63, 3.8) is 0 Å². The van der Waals surface area contributed by atoms with Gasteiger partial charge in [-0.1, -0.05) is 31.4 Å². The van der Waals surface area contributed by atoms with Gasteiger partial charge in [-0.3, -0.25) is 0 Å². The average Bonchev–Trinajstić information content (AvgIpc) is 2.14. The summed E-state index contributed by atoms with van der Waals surface area (Å²) in [5.41, 5.74) is 1.84. The molecule has 0 spiro atoms. The first kappa shape index (κ1) is 9.39. The van der Waals surface area contributed by atoms with E-state index in [1.54, 1.807) is 18.3 Å². The van der Waals surface area contributed by atoms with Crippen LogP contribution < -0.4 is 0 Å². The van der Waals surface area contributed by atoms with E-state index in [1.165, 1.54) is 0 Å². The Morgan fingerprint density at radius 2 is 2.23 bits per heavy atom. The van der Waals surface area contributed by atoms with Gasteiger partial charge in [0.05, 0.1) is 5.69 Å². The predicted octanol–water partition coefficient (Wildman–Crippen LogP) is 2.54. The Bertz CT molecular complexity index is 351. The van der Waals surface area contributed by atoms with Crippen LogP contribution in [0.25, 0.3) is 5.57 Å². The summed E-state index contributed by atoms with van der Waals surface area (Å²) in [5.74, 6) is 0.759. The molecule has 0 bridgehead atoms. The lowest BCUT2D eigenvalue weighted by Gasteiger charge is -2.00. The van der Waals surface area contributed by atoms with Gasteiger partial charge in [-0.05, 0) is 18.6 Å². The summed E-state index contributed by atoms with van der Waals surface area (Å²) >= 11 is 0. The van der Waals surface area contributed by atoms with Crippen LogP contribution in [0, 0.1) is 6.92 Å². The normalized spacial score (nSPS) is 11.0. The van der Waals surface area contributed by atoms with Crippen molar-refractivity contribution in [2.75, 3.05) is 0 Å². The Morgan fingerprint density at radius 3 is 2.77 bits per heavy atom. The molecule has 0 aliphatic carbocycles. The lowest BCUT2D eigenvalue weighted by molar-refractivity contribution is 1.04. The van der Waals surface area contributed by atoms with Gasteiger partial charge in [-0.25, -0.2) is 9.97 Å². The molecule has 0 aliphatic heterocycles. The minimum absolute atomic E-state index is 0.759. The highest BCUT2D eigenvalue weighted by Gasteiger charge is 1.97. The highest BCUT2D eigenvalue weighted by atomic mass is 14.9. The zero-order valence-electron chi connectivity index (χ0n) is 7.70. The number of allylic oxidation sites excluding steroid dienone is 4. The largest absolute Gasteiger partial charge is 0.242 e. The number of hydrogen-bond donors (Lipinski definition) is 0. The molecule has 1 aromatic heterocycles. The first-order valence-corrected chi connectivity index (χ1v) is 4.03. The van der Waals surface area contributed by atoms with E-state index in [2.05, 4.69) is 23.1 Å². The molecule has 0 aromatic carbocycles. The van der Waals surface area contributed by atoms with Crippen molar-refractivity contribution in [2.45, 2.75) is 6.92 Å². The monoisotopic (exact) mass is 172 g/mol. The van der Waals surface area contributed by atoms with Crippen LogP contribution in [0.15, 0.2) is 43.6 Å². The third-order valence-electron chi connectivity index (χ3n) is 1.59. The smallest absolute Gasteiger partial charge is 0.125 e. The average molecular weight is 172 g/mol. The van der Waals surface area contributed by atoms with Gasteiger partial charge < -0.3 is 0 Å². The number of nitrogens with zero attached hydrogens (tertiary/aromatic N) is 2. The van der Waals surface area contributed by atoms with Crippen molar-refractivity contribution in [3.05, 3.63) is 55.2 Å². The van der Waals surface area contributed by atoms with E-state index in [4.69, 9.17) is 0 Å². The van der Waals surface area contributed by atoms with Crippen LogP contribution >= 0.6 is 0 Å². The molecule has 2 heteroatoms. The van der Waals surface area contributed by atoms with Gasteiger partial charge >= 0.3 is 0 Å². The molecule has 13 heavy (non-hydrogen) atoms. The Labute approximate surface area is 78.4 Å². The number of aryl methyl sites for hydroxylation is 1. The van der Waals surface area contributed by atoms with Crippen molar-refractivity contribution in [3.8, 4) is 0 Å². The fourth-order valence-corrected chi connectivity index (χ4v) is 1.00. The zero-order valence-corrected chi connectivity index (χ0v) is 7.70.